The molecule has 3 fully saturated rings. The lowest BCUT2D eigenvalue weighted by atomic mass is 9.95. The van der Waals surface area contributed by atoms with Crippen molar-refractivity contribution in [2.24, 2.45) is 5.92 Å². The van der Waals surface area contributed by atoms with Crippen LogP contribution in [-0.4, -0.2) is 85.2 Å². The van der Waals surface area contributed by atoms with Crippen LogP contribution in [0.1, 0.15) is 25.7 Å². The minimum absolute atomic E-state index is 0.0421. The fourth-order valence-corrected chi connectivity index (χ4v) is 4.54. The van der Waals surface area contributed by atoms with Crippen molar-refractivity contribution in [1.82, 2.24) is 14.7 Å². The van der Waals surface area contributed by atoms with Crippen LogP contribution in [0.15, 0.2) is 30.3 Å². The van der Waals surface area contributed by atoms with Gasteiger partial charge in [-0.25, -0.2) is 4.79 Å². The Morgan fingerprint density at radius 1 is 0.931 bits per heavy atom. The lowest BCUT2D eigenvalue weighted by Gasteiger charge is -2.39. The monoisotopic (exact) mass is 400 g/mol. The zero-order valence-corrected chi connectivity index (χ0v) is 17.1. The van der Waals surface area contributed by atoms with Gasteiger partial charge in [0.1, 0.15) is 0 Å². The third kappa shape index (κ3) is 5.28. The molecular weight excluding hydrogens is 368 g/mol. The summed E-state index contributed by atoms with van der Waals surface area (Å²) in [6.07, 6.45) is 4.21. The first-order valence-corrected chi connectivity index (χ1v) is 10.9. The normalized spacial score (nSPS) is 23.9. The maximum atomic E-state index is 12.9. The molecule has 1 N–H and O–H groups in total. The van der Waals surface area contributed by atoms with E-state index in [-0.39, 0.29) is 17.9 Å². The number of piperidine rings is 1. The van der Waals surface area contributed by atoms with Gasteiger partial charge in [0.05, 0.1) is 6.10 Å². The average molecular weight is 401 g/mol. The zero-order valence-electron chi connectivity index (χ0n) is 17.1. The summed E-state index contributed by atoms with van der Waals surface area (Å²) < 4.78 is 5.73. The number of piperazine rings is 1. The van der Waals surface area contributed by atoms with Crippen LogP contribution in [0.3, 0.4) is 0 Å². The number of nitrogens with zero attached hydrogens (tertiary/aromatic N) is 3. The Hall–Kier alpha value is -2.12. The lowest BCUT2D eigenvalue weighted by molar-refractivity contribution is -0.138. The molecule has 0 bridgehead atoms. The Balaban J connectivity index is 1.19. The summed E-state index contributed by atoms with van der Waals surface area (Å²) in [5, 5.41) is 2.93. The second-order valence-corrected chi connectivity index (χ2v) is 8.32. The first-order chi connectivity index (χ1) is 14.2. The number of hydrogen-bond donors (Lipinski definition) is 1. The topological polar surface area (TPSA) is 65.1 Å². The maximum Gasteiger partial charge on any atom is 0.321 e. The number of anilines is 1. The van der Waals surface area contributed by atoms with Crippen LogP contribution in [0.5, 0.6) is 0 Å². The van der Waals surface area contributed by atoms with Gasteiger partial charge in [0.2, 0.25) is 5.91 Å². The first-order valence-electron chi connectivity index (χ1n) is 10.9. The van der Waals surface area contributed by atoms with Crippen molar-refractivity contribution in [2.45, 2.75) is 31.8 Å². The number of benzene rings is 1. The van der Waals surface area contributed by atoms with Gasteiger partial charge in [0.15, 0.2) is 0 Å². The van der Waals surface area contributed by atoms with Crippen LogP contribution >= 0.6 is 0 Å². The number of carbonyl (C=O) groups excluding carboxylic acids is 2. The molecule has 0 aromatic heterocycles. The van der Waals surface area contributed by atoms with Crippen LogP contribution in [0.2, 0.25) is 0 Å². The van der Waals surface area contributed by atoms with Crippen LogP contribution in [0.25, 0.3) is 0 Å². The molecule has 1 aromatic carbocycles. The van der Waals surface area contributed by atoms with E-state index in [1.54, 1.807) is 0 Å². The Kier molecular flexibility index (Phi) is 6.67. The third-order valence-corrected chi connectivity index (χ3v) is 6.33. The van der Waals surface area contributed by atoms with Gasteiger partial charge in [0, 0.05) is 64.0 Å². The highest BCUT2D eigenvalue weighted by Gasteiger charge is 2.32. The van der Waals surface area contributed by atoms with Crippen LogP contribution < -0.4 is 5.32 Å². The largest absolute Gasteiger partial charge is 0.377 e. The average Bonchev–Trinajstić information content (AvgIpc) is 3.28. The molecule has 3 aliphatic rings. The highest BCUT2D eigenvalue weighted by atomic mass is 16.5. The highest BCUT2D eigenvalue weighted by molar-refractivity contribution is 5.89. The van der Waals surface area contributed by atoms with Crippen molar-refractivity contribution in [3.63, 3.8) is 0 Å². The van der Waals surface area contributed by atoms with Crippen molar-refractivity contribution in [3.8, 4) is 0 Å². The number of likely N-dealkylation sites (tertiary alicyclic amines) is 1. The van der Waals surface area contributed by atoms with Gasteiger partial charge in [-0.1, -0.05) is 18.2 Å². The minimum Gasteiger partial charge on any atom is -0.377 e. The molecule has 0 saturated carbocycles. The molecule has 7 heteroatoms. The molecule has 1 aromatic rings. The highest BCUT2D eigenvalue weighted by Crippen LogP contribution is 2.22. The van der Waals surface area contributed by atoms with E-state index in [0.717, 1.165) is 64.3 Å². The van der Waals surface area contributed by atoms with Crippen LogP contribution in [0.4, 0.5) is 10.5 Å². The number of amides is 3. The van der Waals surface area contributed by atoms with Gasteiger partial charge in [-0.15, -0.1) is 0 Å². The molecule has 158 valence electrons. The SMILES string of the molecule is O=C(Nc1ccccc1)N1CCC(C(=O)N2CCN(CC3CCCO3)CC2)CC1. The van der Waals surface area contributed by atoms with E-state index in [1.807, 2.05) is 40.1 Å². The van der Waals surface area contributed by atoms with Crippen molar-refractivity contribution in [2.75, 3.05) is 57.7 Å². The van der Waals surface area contributed by atoms with Gasteiger partial charge < -0.3 is 19.9 Å². The molecule has 4 rings (SSSR count). The van der Waals surface area contributed by atoms with Crippen molar-refractivity contribution >= 4 is 17.6 Å². The van der Waals surface area contributed by atoms with Gasteiger partial charge >= 0.3 is 6.03 Å². The third-order valence-electron chi connectivity index (χ3n) is 6.33. The van der Waals surface area contributed by atoms with E-state index in [1.165, 1.54) is 6.42 Å². The van der Waals surface area contributed by atoms with Crippen molar-refractivity contribution in [1.29, 1.82) is 0 Å². The van der Waals surface area contributed by atoms with E-state index >= 15 is 0 Å². The molecule has 1 unspecified atom stereocenters. The molecule has 0 radical (unpaired) electrons. The van der Waals surface area contributed by atoms with Crippen LogP contribution in [-0.2, 0) is 9.53 Å². The summed E-state index contributed by atoms with van der Waals surface area (Å²) in [4.78, 5) is 31.6. The molecule has 1 atom stereocenters. The fourth-order valence-electron chi connectivity index (χ4n) is 4.54. The summed E-state index contributed by atoms with van der Waals surface area (Å²) in [6, 6.07) is 9.42. The summed E-state index contributed by atoms with van der Waals surface area (Å²) >= 11 is 0. The Labute approximate surface area is 173 Å². The minimum atomic E-state index is -0.0788. The molecule has 7 nitrogen and oxygen atoms in total. The van der Waals surface area contributed by atoms with Crippen molar-refractivity contribution in [3.05, 3.63) is 30.3 Å². The zero-order chi connectivity index (χ0) is 20.1. The quantitative estimate of drug-likeness (QED) is 0.842. The molecule has 0 spiro atoms. The number of rotatable bonds is 4. The molecule has 3 heterocycles. The second-order valence-electron chi connectivity index (χ2n) is 8.32. The number of hydrogen-bond acceptors (Lipinski definition) is 4. The molecule has 29 heavy (non-hydrogen) atoms. The number of ether oxygens (including phenoxy) is 1. The van der Waals surface area contributed by atoms with Gasteiger partial charge in [-0.3, -0.25) is 9.69 Å². The summed E-state index contributed by atoms with van der Waals surface area (Å²) in [7, 11) is 0. The number of urea groups is 1. The number of nitrogens with one attached hydrogen (secondary N) is 1. The fraction of sp³-hybridized carbons (Fsp3) is 0.636. The van der Waals surface area contributed by atoms with Gasteiger partial charge in [0.25, 0.3) is 0 Å². The first kappa shape index (κ1) is 20.2. The predicted octanol–water partition coefficient (Wildman–Crippen LogP) is 2.25. The lowest BCUT2D eigenvalue weighted by Crippen LogP contribution is -2.53. The standard InChI is InChI=1S/C22H32N4O3/c27-21(25-14-12-24(13-15-25)17-20-7-4-16-29-20)18-8-10-26(11-9-18)22(28)23-19-5-2-1-3-6-19/h1-3,5-6,18,20H,4,7-17H2,(H,23,28). The Bertz CT molecular complexity index is 677. The smallest absolute Gasteiger partial charge is 0.321 e. The molecule has 3 saturated heterocycles. The van der Waals surface area contributed by atoms with E-state index in [9.17, 15) is 9.59 Å². The summed E-state index contributed by atoms with van der Waals surface area (Å²) in [6.45, 7) is 6.64. The molecule has 3 aliphatic heterocycles. The Morgan fingerprint density at radius 3 is 2.31 bits per heavy atom. The number of carbonyl (C=O) groups is 2. The number of para-hydroxylation sites is 1. The summed E-state index contributed by atoms with van der Waals surface area (Å²) in [5.74, 6) is 0.311. The van der Waals surface area contributed by atoms with E-state index in [0.29, 0.717) is 19.2 Å². The van der Waals surface area contributed by atoms with Crippen LogP contribution in [0, 0.1) is 5.92 Å². The van der Waals surface area contributed by atoms with Gasteiger partial charge in [-0.05, 0) is 37.8 Å². The second kappa shape index (κ2) is 9.59. The maximum absolute atomic E-state index is 12.9. The van der Waals surface area contributed by atoms with E-state index in [4.69, 9.17) is 4.74 Å². The summed E-state index contributed by atoms with van der Waals surface area (Å²) in [5.41, 5.74) is 0.802. The predicted molar refractivity (Wildman–Crippen MR) is 112 cm³/mol. The Morgan fingerprint density at radius 2 is 1.66 bits per heavy atom. The molecular formula is C22H32N4O3. The molecule has 0 aliphatic carbocycles. The van der Waals surface area contributed by atoms with E-state index in [2.05, 4.69) is 10.2 Å². The molecule has 3 amide bonds. The van der Waals surface area contributed by atoms with E-state index < -0.39 is 0 Å². The van der Waals surface area contributed by atoms with Gasteiger partial charge in [-0.2, -0.15) is 0 Å². The van der Waals surface area contributed by atoms with Crippen molar-refractivity contribution < 1.29 is 14.3 Å².